The molecule has 9 heteroatoms. The Morgan fingerprint density at radius 2 is 1.76 bits per heavy atom. The maximum absolute atomic E-state index is 12.1. The van der Waals surface area contributed by atoms with E-state index in [4.69, 9.17) is 0 Å². The zero-order valence-electron chi connectivity index (χ0n) is 11.7. The lowest BCUT2D eigenvalue weighted by atomic mass is 10.4. The van der Waals surface area contributed by atoms with Gasteiger partial charge in [0.15, 0.2) is 0 Å². The Bertz CT molecular complexity index is 685. The molecule has 0 aliphatic rings. The molecule has 0 aromatic carbocycles. The molecule has 0 saturated heterocycles. The Kier molecular flexibility index (Phi) is 4.76. The van der Waals surface area contributed by atoms with Crippen molar-refractivity contribution in [1.29, 1.82) is 0 Å². The number of hydrogen-bond acceptors (Lipinski definition) is 7. The van der Waals surface area contributed by atoms with E-state index in [1.54, 1.807) is 6.20 Å². The zero-order chi connectivity index (χ0) is 15.3. The molecule has 0 radical (unpaired) electrons. The first kappa shape index (κ1) is 15.3. The SMILES string of the molecule is CCNc1ncc(S(=O)(=O)NCc2cnc(C)cn2)cn1. The summed E-state index contributed by atoms with van der Waals surface area (Å²) in [7, 11) is -3.67. The van der Waals surface area contributed by atoms with Crippen molar-refractivity contribution in [2.75, 3.05) is 11.9 Å². The van der Waals surface area contributed by atoms with Crippen LogP contribution in [-0.2, 0) is 16.6 Å². The minimum atomic E-state index is -3.67. The van der Waals surface area contributed by atoms with Crippen LogP contribution in [0.25, 0.3) is 0 Å². The molecular weight excluding hydrogens is 292 g/mol. The maximum atomic E-state index is 12.1. The molecule has 112 valence electrons. The topological polar surface area (TPSA) is 110 Å². The van der Waals surface area contributed by atoms with Gasteiger partial charge in [0.1, 0.15) is 4.90 Å². The van der Waals surface area contributed by atoms with E-state index in [1.807, 2.05) is 13.8 Å². The number of hydrogen-bond donors (Lipinski definition) is 2. The molecule has 0 bridgehead atoms. The second kappa shape index (κ2) is 6.55. The Morgan fingerprint density at radius 1 is 1.05 bits per heavy atom. The van der Waals surface area contributed by atoms with E-state index >= 15 is 0 Å². The van der Waals surface area contributed by atoms with Crippen molar-refractivity contribution in [2.24, 2.45) is 0 Å². The molecule has 8 nitrogen and oxygen atoms in total. The van der Waals surface area contributed by atoms with Gasteiger partial charge in [0.25, 0.3) is 0 Å². The summed E-state index contributed by atoms with van der Waals surface area (Å²) in [5, 5.41) is 2.89. The standard InChI is InChI=1S/C12H16N6O2S/c1-3-13-12-16-7-11(8-17-12)21(19,20)18-6-10-5-14-9(2)4-15-10/h4-5,7-8,18H,3,6H2,1-2H3,(H,13,16,17). The lowest BCUT2D eigenvalue weighted by Crippen LogP contribution is -2.24. The molecule has 0 fully saturated rings. The van der Waals surface area contributed by atoms with Gasteiger partial charge >= 0.3 is 0 Å². The lowest BCUT2D eigenvalue weighted by Gasteiger charge is -2.06. The first-order valence-electron chi connectivity index (χ1n) is 6.34. The molecule has 2 heterocycles. The third-order valence-electron chi connectivity index (χ3n) is 2.55. The monoisotopic (exact) mass is 308 g/mol. The number of aryl methyl sites for hydroxylation is 1. The quantitative estimate of drug-likeness (QED) is 0.799. The van der Waals surface area contributed by atoms with Gasteiger partial charge in [-0.2, -0.15) is 0 Å². The third-order valence-corrected chi connectivity index (χ3v) is 3.91. The average molecular weight is 308 g/mol. The molecule has 0 spiro atoms. The van der Waals surface area contributed by atoms with E-state index in [2.05, 4.69) is 30.0 Å². The predicted octanol–water partition coefficient (Wildman–Crippen LogP) is 0.485. The van der Waals surface area contributed by atoms with Crippen LogP contribution in [0.4, 0.5) is 5.95 Å². The number of aromatic nitrogens is 4. The van der Waals surface area contributed by atoms with E-state index < -0.39 is 10.0 Å². The largest absolute Gasteiger partial charge is 0.355 e. The highest BCUT2D eigenvalue weighted by atomic mass is 32.2. The molecular formula is C12H16N6O2S. The van der Waals surface area contributed by atoms with Crippen LogP contribution < -0.4 is 10.0 Å². The van der Waals surface area contributed by atoms with Gasteiger partial charge in [-0.3, -0.25) is 9.97 Å². The highest BCUT2D eigenvalue weighted by molar-refractivity contribution is 7.89. The molecule has 0 unspecified atom stereocenters. The van der Waals surface area contributed by atoms with Gasteiger partial charge < -0.3 is 5.32 Å². The molecule has 2 rings (SSSR count). The van der Waals surface area contributed by atoms with Crippen molar-refractivity contribution in [3.63, 3.8) is 0 Å². The summed E-state index contributed by atoms with van der Waals surface area (Å²) in [6.45, 7) is 4.43. The fraction of sp³-hybridized carbons (Fsp3) is 0.333. The normalized spacial score (nSPS) is 11.3. The molecule has 2 N–H and O–H groups in total. The van der Waals surface area contributed by atoms with Crippen molar-refractivity contribution >= 4 is 16.0 Å². The van der Waals surface area contributed by atoms with Crippen molar-refractivity contribution in [3.05, 3.63) is 36.2 Å². The van der Waals surface area contributed by atoms with E-state index in [9.17, 15) is 8.42 Å². The average Bonchev–Trinajstić information content (AvgIpc) is 2.48. The van der Waals surface area contributed by atoms with Crippen molar-refractivity contribution < 1.29 is 8.42 Å². The maximum Gasteiger partial charge on any atom is 0.244 e. The zero-order valence-corrected chi connectivity index (χ0v) is 12.6. The van der Waals surface area contributed by atoms with Crippen LogP contribution in [0.5, 0.6) is 0 Å². The Labute approximate surface area is 123 Å². The minimum absolute atomic E-state index is 0.00391. The van der Waals surface area contributed by atoms with E-state index in [1.165, 1.54) is 18.6 Å². The Hall–Kier alpha value is -2.13. The van der Waals surface area contributed by atoms with Gasteiger partial charge in [0.2, 0.25) is 16.0 Å². The fourth-order valence-corrected chi connectivity index (χ4v) is 2.35. The van der Waals surface area contributed by atoms with Gasteiger partial charge in [-0.05, 0) is 13.8 Å². The Balaban J connectivity index is 2.05. The van der Waals surface area contributed by atoms with Crippen LogP contribution >= 0.6 is 0 Å². The highest BCUT2D eigenvalue weighted by Crippen LogP contribution is 2.08. The summed E-state index contributed by atoms with van der Waals surface area (Å²) in [5.41, 5.74) is 1.31. The highest BCUT2D eigenvalue weighted by Gasteiger charge is 2.15. The first-order valence-corrected chi connectivity index (χ1v) is 7.82. The number of anilines is 1. The van der Waals surface area contributed by atoms with E-state index in [-0.39, 0.29) is 11.4 Å². The van der Waals surface area contributed by atoms with E-state index in [0.29, 0.717) is 18.2 Å². The summed E-state index contributed by atoms with van der Waals surface area (Å²) in [6, 6.07) is 0. The van der Waals surface area contributed by atoms with Crippen molar-refractivity contribution in [1.82, 2.24) is 24.7 Å². The van der Waals surface area contributed by atoms with Crippen LogP contribution in [0.2, 0.25) is 0 Å². The predicted molar refractivity (Wildman–Crippen MR) is 77.0 cm³/mol. The molecule has 0 atom stereocenters. The van der Waals surface area contributed by atoms with Gasteiger partial charge in [-0.25, -0.2) is 23.1 Å². The summed E-state index contributed by atoms with van der Waals surface area (Å²) in [4.78, 5) is 16.0. The van der Waals surface area contributed by atoms with Crippen LogP contribution in [-0.4, -0.2) is 34.9 Å². The van der Waals surface area contributed by atoms with Gasteiger partial charge in [0.05, 0.1) is 36.5 Å². The van der Waals surface area contributed by atoms with Crippen LogP contribution in [0.15, 0.2) is 29.7 Å². The lowest BCUT2D eigenvalue weighted by molar-refractivity contribution is 0.579. The third kappa shape index (κ3) is 4.17. The van der Waals surface area contributed by atoms with Crippen LogP contribution in [0.1, 0.15) is 18.3 Å². The number of rotatable bonds is 6. The number of nitrogens with one attached hydrogen (secondary N) is 2. The molecule has 0 aliphatic heterocycles. The summed E-state index contributed by atoms with van der Waals surface area (Å²) < 4.78 is 26.6. The number of sulfonamides is 1. The molecule has 0 aliphatic carbocycles. The van der Waals surface area contributed by atoms with Crippen molar-refractivity contribution in [3.8, 4) is 0 Å². The van der Waals surface area contributed by atoms with Crippen LogP contribution in [0.3, 0.4) is 0 Å². The molecule has 0 saturated carbocycles. The van der Waals surface area contributed by atoms with E-state index in [0.717, 1.165) is 5.69 Å². The van der Waals surface area contributed by atoms with Crippen molar-refractivity contribution in [2.45, 2.75) is 25.3 Å². The smallest absolute Gasteiger partial charge is 0.244 e. The molecule has 2 aromatic rings. The fourth-order valence-electron chi connectivity index (χ4n) is 1.47. The molecule has 21 heavy (non-hydrogen) atoms. The second-order valence-corrected chi connectivity index (χ2v) is 6.01. The van der Waals surface area contributed by atoms with Gasteiger partial charge in [-0.1, -0.05) is 0 Å². The van der Waals surface area contributed by atoms with Crippen LogP contribution in [0, 0.1) is 6.92 Å². The number of nitrogens with zero attached hydrogens (tertiary/aromatic N) is 4. The molecule has 2 aromatic heterocycles. The molecule has 0 amide bonds. The first-order chi connectivity index (χ1) is 10.0. The summed E-state index contributed by atoms with van der Waals surface area (Å²) in [5.74, 6) is 0.390. The van der Waals surface area contributed by atoms with Gasteiger partial charge in [0, 0.05) is 12.7 Å². The summed E-state index contributed by atoms with van der Waals surface area (Å²) >= 11 is 0. The second-order valence-electron chi connectivity index (χ2n) is 4.25. The summed E-state index contributed by atoms with van der Waals surface area (Å²) in [6.07, 6.45) is 5.63. The van der Waals surface area contributed by atoms with Gasteiger partial charge in [-0.15, -0.1) is 0 Å². The Morgan fingerprint density at radius 3 is 2.33 bits per heavy atom. The minimum Gasteiger partial charge on any atom is -0.355 e.